The third-order valence-electron chi connectivity index (χ3n) is 14.1. The number of nitrogens with one attached hydrogen (secondary N) is 8. The van der Waals surface area contributed by atoms with Crippen LogP contribution in [0.4, 0.5) is 0 Å². The molecule has 17 atom stereocenters. The summed E-state index contributed by atoms with van der Waals surface area (Å²) in [6, 6.07) is 0. The molecule has 0 spiro atoms. The molecule has 11 nitrogen and oxygen atoms in total. The van der Waals surface area contributed by atoms with Crippen LogP contribution in [0.15, 0.2) is 0 Å². The minimum absolute atomic E-state index is 0.0440. The molecule has 8 bridgehead atoms. The Labute approximate surface area is 263 Å². The van der Waals surface area contributed by atoms with E-state index in [4.69, 9.17) is 4.65 Å². The third-order valence-corrected chi connectivity index (χ3v) is 14.1. The van der Waals surface area contributed by atoms with Gasteiger partial charge in [0.25, 0.3) is 0 Å². The first-order chi connectivity index (χ1) is 21.6. The van der Waals surface area contributed by atoms with Gasteiger partial charge in [-0.15, -0.1) is 0 Å². The molecule has 0 amide bonds. The molecule has 0 radical (unpaired) electrons. The van der Waals surface area contributed by atoms with Gasteiger partial charge in [0.1, 0.15) is 0 Å². The molecule has 44 heavy (non-hydrogen) atoms. The van der Waals surface area contributed by atoms with E-state index in [1.807, 2.05) is 0 Å². The second-order valence-electron chi connectivity index (χ2n) is 16.2. The molecule has 9 aliphatic rings. The summed E-state index contributed by atoms with van der Waals surface area (Å²) in [5.41, 5.74) is 0. The van der Waals surface area contributed by atoms with Gasteiger partial charge < -0.3 is 14.7 Å². The highest BCUT2D eigenvalue weighted by atomic mass is 16.6. The number of hydrogen-bond donors (Lipinski definition) is 10. The van der Waals surface area contributed by atoms with Crippen LogP contribution < -0.4 is 42.5 Å². The van der Waals surface area contributed by atoms with Crippen molar-refractivity contribution in [1.82, 2.24) is 42.5 Å². The molecule has 246 valence electrons. The Kier molecular flexibility index (Phi) is 8.28. The molecule has 0 aromatic heterocycles. The molecular weight excluding hydrogens is 555 g/mol. The predicted octanol–water partition coefficient (Wildman–Crippen LogP) is 0.570. The van der Waals surface area contributed by atoms with E-state index in [1.54, 1.807) is 0 Å². The highest BCUT2D eigenvalue weighted by molar-refractivity contribution is 6.32. The molecule has 5 heterocycles. The Morgan fingerprint density at radius 2 is 0.659 bits per heavy atom. The third kappa shape index (κ3) is 5.23. The first-order valence-corrected chi connectivity index (χ1v) is 18.7. The first kappa shape index (κ1) is 29.7. The zero-order valence-corrected chi connectivity index (χ0v) is 26.3. The summed E-state index contributed by atoms with van der Waals surface area (Å²) in [5, 5.41) is 52.9. The Balaban J connectivity index is 1.06. The molecule has 0 aromatic carbocycles. The van der Waals surface area contributed by atoms with Crippen molar-refractivity contribution in [2.45, 2.75) is 152 Å². The fourth-order valence-corrected chi connectivity index (χ4v) is 12.3. The molecule has 4 saturated carbocycles. The van der Waals surface area contributed by atoms with Crippen LogP contribution in [-0.4, -0.2) is 72.8 Å². The van der Waals surface area contributed by atoms with E-state index in [2.05, 4.69) is 42.5 Å². The lowest BCUT2D eigenvalue weighted by atomic mass is 9.75. The first-order valence-electron chi connectivity index (χ1n) is 18.7. The standard InChI is InChI=1S/C32H57BN8O3/c42-33(43)44-23-15-7-14-22-24(23)32-40-30-21-13-6-5-12-20(21)28(38-30)36-26-17-9-2-1-8-16(17)25(34-26)35-27-18-10-3-4-11-19(18)29(37-27)39-31(22)41-32/h16-32,34-43H,1-15H2. The monoisotopic (exact) mass is 612 g/mol. The Morgan fingerprint density at radius 1 is 0.364 bits per heavy atom. The van der Waals surface area contributed by atoms with E-state index < -0.39 is 7.32 Å². The second-order valence-corrected chi connectivity index (χ2v) is 16.2. The lowest BCUT2D eigenvalue weighted by molar-refractivity contribution is 0.0110. The van der Waals surface area contributed by atoms with Crippen molar-refractivity contribution in [3.63, 3.8) is 0 Å². The van der Waals surface area contributed by atoms with E-state index in [9.17, 15) is 10.0 Å². The highest BCUT2D eigenvalue weighted by Gasteiger charge is 2.56. The molecule has 9 fully saturated rings. The van der Waals surface area contributed by atoms with Crippen LogP contribution >= 0.6 is 0 Å². The van der Waals surface area contributed by atoms with Crippen molar-refractivity contribution in [1.29, 1.82) is 0 Å². The Bertz CT molecular complexity index is 1030. The van der Waals surface area contributed by atoms with Gasteiger partial charge in [-0.1, -0.05) is 44.9 Å². The number of rotatable bonds is 2. The van der Waals surface area contributed by atoms with Gasteiger partial charge >= 0.3 is 7.32 Å². The zero-order valence-electron chi connectivity index (χ0n) is 26.3. The molecule has 0 aromatic rings. The molecule has 12 heteroatoms. The van der Waals surface area contributed by atoms with Crippen LogP contribution in [0.25, 0.3) is 0 Å². The Hall–Kier alpha value is -0.375. The van der Waals surface area contributed by atoms with E-state index in [0.717, 1.165) is 19.3 Å². The molecule has 5 aliphatic heterocycles. The van der Waals surface area contributed by atoms with Crippen LogP contribution in [-0.2, 0) is 4.65 Å². The maximum Gasteiger partial charge on any atom is 0.634 e. The van der Waals surface area contributed by atoms with Gasteiger partial charge in [-0.05, 0) is 92.8 Å². The minimum Gasteiger partial charge on any atom is -0.402 e. The molecule has 9 rings (SSSR count). The van der Waals surface area contributed by atoms with E-state index in [1.165, 1.54) is 77.0 Å². The van der Waals surface area contributed by atoms with Gasteiger partial charge in [-0.25, -0.2) is 0 Å². The predicted molar refractivity (Wildman–Crippen MR) is 168 cm³/mol. The fourth-order valence-electron chi connectivity index (χ4n) is 12.3. The molecular formula is C32H57BN8O3. The van der Waals surface area contributed by atoms with Crippen molar-refractivity contribution in [2.75, 3.05) is 0 Å². The van der Waals surface area contributed by atoms with Crippen molar-refractivity contribution >= 4 is 7.32 Å². The summed E-state index contributed by atoms with van der Waals surface area (Å²) >= 11 is 0. The number of fused-ring (bicyclic) bond motifs is 20. The zero-order chi connectivity index (χ0) is 29.4. The summed E-state index contributed by atoms with van der Waals surface area (Å²) in [5.74, 6) is 4.38. The van der Waals surface area contributed by atoms with E-state index in [0.29, 0.717) is 66.1 Å². The molecule has 10 N–H and O–H groups in total. The largest absolute Gasteiger partial charge is 0.634 e. The smallest absolute Gasteiger partial charge is 0.402 e. The SMILES string of the molecule is OB(O)OC1CCCC2C3NC4NC(NC5NC(NC6NC(NC(N3)C12)C1CCCCC61)C1CCCCC51)C1CCCCC41. The molecule has 17 unspecified atom stereocenters. The maximum absolute atomic E-state index is 9.90. The van der Waals surface area contributed by atoms with Gasteiger partial charge in [-0.3, -0.25) is 42.5 Å². The Morgan fingerprint density at radius 3 is 1.00 bits per heavy atom. The quantitative estimate of drug-likeness (QED) is 0.200. The van der Waals surface area contributed by atoms with Crippen molar-refractivity contribution < 1.29 is 14.7 Å². The average molecular weight is 613 g/mol. The van der Waals surface area contributed by atoms with Crippen LogP contribution in [0.3, 0.4) is 0 Å². The topological polar surface area (TPSA) is 146 Å². The fraction of sp³-hybridized carbons (Fsp3) is 1.00. The van der Waals surface area contributed by atoms with Crippen molar-refractivity contribution in [3.8, 4) is 0 Å². The average Bonchev–Trinajstić information content (AvgIpc) is 3.77. The van der Waals surface area contributed by atoms with Crippen molar-refractivity contribution in [3.05, 3.63) is 0 Å². The van der Waals surface area contributed by atoms with Gasteiger partial charge in [-0.2, -0.15) is 0 Å². The summed E-state index contributed by atoms with van der Waals surface area (Å²) in [4.78, 5) is 0. The van der Waals surface area contributed by atoms with Gasteiger partial charge in [0, 0.05) is 5.92 Å². The summed E-state index contributed by atoms with van der Waals surface area (Å²) in [6.07, 6.45) is 20.6. The van der Waals surface area contributed by atoms with Crippen LogP contribution in [0.2, 0.25) is 0 Å². The minimum atomic E-state index is -1.73. The van der Waals surface area contributed by atoms with Crippen LogP contribution in [0.1, 0.15) is 96.3 Å². The van der Waals surface area contributed by atoms with Gasteiger partial charge in [0.15, 0.2) is 0 Å². The van der Waals surface area contributed by atoms with Crippen LogP contribution in [0.5, 0.6) is 0 Å². The lowest BCUT2D eigenvalue weighted by Crippen LogP contribution is -2.62. The maximum atomic E-state index is 9.90. The lowest BCUT2D eigenvalue weighted by Gasteiger charge is -2.39. The van der Waals surface area contributed by atoms with Gasteiger partial charge in [0.05, 0.1) is 55.4 Å². The summed E-state index contributed by atoms with van der Waals surface area (Å²) in [6.45, 7) is 0. The van der Waals surface area contributed by atoms with E-state index in [-0.39, 0.29) is 36.7 Å². The number of hydrogen-bond acceptors (Lipinski definition) is 11. The summed E-state index contributed by atoms with van der Waals surface area (Å²) in [7, 11) is -1.73. The summed E-state index contributed by atoms with van der Waals surface area (Å²) < 4.78 is 5.83. The van der Waals surface area contributed by atoms with Crippen LogP contribution in [0, 0.1) is 47.3 Å². The molecule has 4 aliphatic carbocycles. The molecule has 5 saturated heterocycles. The van der Waals surface area contributed by atoms with Crippen molar-refractivity contribution in [2.24, 2.45) is 47.3 Å². The highest BCUT2D eigenvalue weighted by Crippen LogP contribution is 2.46. The normalized spacial score (nSPS) is 55.1. The van der Waals surface area contributed by atoms with Gasteiger partial charge in [0.2, 0.25) is 0 Å². The van der Waals surface area contributed by atoms with E-state index >= 15 is 0 Å². The second kappa shape index (κ2) is 12.3.